The van der Waals surface area contributed by atoms with Gasteiger partial charge in [0.05, 0.1) is 0 Å². The average molecular weight is 539 g/mol. The van der Waals surface area contributed by atoms with Gasteiger partial charge in [-0.1, -0.05) is 27.7 Å². The number of carboxylic acids is 3. The van der Waals surface area contributed by atoms with Gasteiger partial charge in [0.25, 0.3) is 0 Å². The van der Waals surface area contributed by atoms with Crippen molar-refractivity contribution < 1.29 is 75.4 Å². The van der Waals surface area contributed by atoms with E-state index in [2.05, 4.69) is 0 Å². The molecule has 0 fully saturated rings. The van der Waals surface area contributed by atoms with E-state index >= 15 is 0 Å². The number of carbonyl (C=O) groups excluding carboxylic acids is 6. The van der Waals surface area contributed by atoms with Crippen LogP contribution in [0.1, 0.15) is 91.9 Å². The zero-order chi connectivity index (χ0) is 25.2. The summed E-state index contributed by atoms with van der Waals surface area (Å²) in [6.45, 7) is 7.73. The SMILES string of the molecule is CCCC(=O)CC(=O)[O-].CCCC(=O)CC(=O)[O-].CCCC(=O)CC(=O)[O-].CCCO.[Zr+3]. The quantitative estimate of drug-likeness (QED) is 0.281. The maximum absolute atomic E-state index is 10.4. The molecule has 0 atom stereocenters. The van der Waals surface area contributed by atoms with Crippen molar-refractivity contribution in [3.05, 3.63) is 0 Å². The van der Waals surface area contributed by atoms with Gasteiger partial charge >= 0.3 is 26.2 Å². The Hall–Kier alpha value is -1.74. The summed E-state index contributed by atoms with van der Waals surface area (Å²) in [5.41, 5.74) is 0. The van der Waals surface area contributed by atoms with Crippen LogP contribution in [0, 0.1) is 0 Å². The second-order valence-corrected chi connectivity index (χ2v) is 6.24. The summed E-state index contributed by atoms with van der Waals surface area (Å²) in [6, 6.07) is 0. The van der Waals surface area contributed by atoms with Crippen LogP contribution in [0.3, 0.4) is 0 Å². The minimum atomic E-state index is -1.28. The van der Waals surface area contributed by atoms with Crippen LogP contribution in [0.15, 0.2) is 0 Å². The molecule has 0 amide bonds. The van der Waals surface area contributed by atoms with Crippen LogP contribution in [0.4, 0.5) is 0 Å². The zero-order valence-electron chi connectivity index (χ0n) is 19.4. The van der Waals surface area contributed by atoms with Gasteiger partial charge in [0, 0.05) is 63.0 Å². The van der Waals surface area contributed by atoms with Crippen molar-refractivity contribution >= 4 is 35.3 Å². The molecule has 0 saturated carbocycles. The van der Waals surface area contributed by atoms with E-state index in [1.54, 1.807) is 0 Å². The largest absolute Gasteiger partial charge is 3.00 e. The smallest absolute Gasteiger partial charge is 0.550 e. The molecule has 0 unspecified atom stereocenters. The summed E-state index contributed by atoms with van der Waals surface area (Å²) in [7, 11) is 0. The monoisotopic (exact) mass is 537 g/mol. The van der Waals surface area contributed by atoms with Crippen molar-refractivity contribution in [3.63, 3.8) is 0 Å². The average Bonchev–Trinajstić information content (AvgIpc) is 2.61. The molecular formula is C21H35O10Zr. The molecule has 32 heavy (non-hydrogen) atoms. The van der Waals surface area contributed by atoms with E-state index in [9.17, 15) is 44.1 Å². The van der Waals surface area contributed by atoms with Gasteiger partial charge < -0.3 is 34.8 Å². The molecule has 0 aromatic carbocycles. The van der Waals surface area contributed by atoms with Crippen LogP contribution < -0.4 is 15.3 Å². The van der Waals surface area contributed by atoms with Gasteiger partial charge in [0.1, 0.15) is 17.3 Å². The Labute approximate surface area is 208 Å². The van der Waals surface area contributed by atoms with E-state index in [0.717, 1.165) is 6.42 Å². The van der Waals surface area contributed by atoms with Crippen molar-refractivity contribution in [2.75, 3.05) is 6.61 Å². The van der Waals surface area contributed by atoms with Gasteiger partial charge in [-0.05, 0) is 25.7 Å². The Kier molecular flexibility index (Phi) is 39.9. The van der Waals surface area contributed by atoms with Crippen LogP contribution in [0.25, 0.3) is 0 Å². The van der Waals surface area contributed by atoms with Crippen molar-refractivity contribution in [2.45, 2.75) is 91.9 Å². The molecule has 0 aromatic heterocycles. The third-order valence-corrected chi connectivity index (χ3v) is 2.83. The maximum Gasteiger partial charge on any atom is 3.00 e. The second-order valence-electron chi connectivity index (χ2n) is 6.24. The Morgan fingerprint density at radius 2 is 0.719 bits per heavy atom. The molecule has 11 heteroatoms. The van der Waals surface area contributed by atoms with E-state index in [4.69, 9.17) is 5.11 Å². The Bertz CT molecular complexity index is 459. The molecule has 10 nitrogen and oxygen atoms in total. The molecule has 0 aliphatic heterocycles. The maximum atomic E-state index is 10.4. The van der Waals surface area contributed by atoms with Crippen LogP contribution in [0.5, 0.6) is 0 Å². The topological polar surface area (TPSA) is 192 Å². The van der Waals surface area contributed by atoms with E-state index in [1.165, 1.54) is 0 Å². The first kappa shape index (κ1) is 40.6. The fourth-order valence-corrected chi connectivity index (χ4v) is 1.58. The first-order chi connectivity index (χ1) is 14.4. The number of hydrogen-bond acceptors (Lipinski definition) is 10. The number of carboxylic acid groups (broad SMARTS) is 3. The Morgan fingerprint density at radius 3 is 0.812 bits per heavy atom. The molecule has 0 saturated heterocycles. The van der Waals surface area contributed by atoms with Gasteiger partial charge in [-0.25, -0.2) is 0 Å². The molecule has 0 spiro atoms. The predicted octanol–water partition coefficient (Wildman–Crippen LogP) is -1.13. The first-order valence-electron chi connectivity index (χ1n) is 10.2. The fraction of sp³-hybridized carbons (Fsp3) is 0.714. The number of aliphatic hydroxyl groups is 1. The molecule has 0 aliphatic rings. The Morgan fingerprint density at radius 1 is 0.531 bits per heavy atom. The summed E-state index contributed by atoms with van der Waals surface area (Å²) >= 11 is 0. The molecule has 183 valence electrons. The van der Waals surface area contributed by atoms with Gasteiger partial charge in [-0.2, -0.15) is 0 Å². The first-order valence-corrected chi connectivity index (χ1v) is 10.2. The van der Waals surface area contributed by atoms with Gasteiger partial charge in [-0.3, -0.25) is 14.4 Å². The van der Waals surface area contributed by atoms with Crippen molar-refractivity contribution in [2.24, 2.45) is 0 Å². The van der Waals surface area contributed by atoms with Gasteiger partial charge in [0.2, 0.25) is 0 Å². The molecule has 0 bridgehead atoms. The van der Waals surface area contributed by atoms with Gasteiger partial charge in [-0.15, -0.1) is 0 Å². The van der Waals surface area contributed by atoms with E-state index < -0.39 is 37.2 Å². The van der Waals surface area contributed by atoms with Gasteiger partial charge in [0.15, 0.2) is 0 Å². The van der Waals surface area contributed by atoms with Crippen LogP contribution in [-0.2, 0) is 55.0 Å². The fourth-order valence-electron chi connectivity index (χ4n) is 1.58. The number of rotatable bonds is 13. The number of aliphatic hydroxyl groups excluding tert-OH is 1. The number of Topliss-reactive ketones (excluding diaryl/α,β-unsaturated/α-hetero) is 3. The normalized spacial score (nSPS) is 8.53. The molecule has 1 radical (unpaired) electrons. The van der Waals surface area contributed by atoms with E-state index in [1.807, 2.05) is 27.7 Å². The standard InChI is InChI=1S/3C6H10O3.C3H8O.Zr/c3*1-2-3-5(7)4-6(8)9;1-2-3-4;/h3*2-4H2,1H3,(H,8,9);4H,2-3H2,1H3;/q;;;;+3/p-3. The third kappa shape index (κ3) is 51.2. The summed E-state index contributed by atoms with van der Waals surface area (Å²) in [4.78, 5) is 60.6. The van der Waals surface area contributed by atoms with Crippen LogP contribution >= 0.6 is 0 Å². The summed E-state index contributed by atoms with van der Waals surface area (Å²) in [5.74, 6) is -4.61. The van der Waals surface area contributed by atoms with Crippen molar-refractivity contribution in [1.82, 2.24) is 0 Å². The second kappa shape index (κ2) is 31.4. The molecule has 0 rings (SSSR count). The predicted molar refractivity (Wildman–Crippen MR) is 106 cm³/mol. The molecular weight excluding hydrogens is 503 g/mol. The van der Waals surface area contributed by atoms with E-state index in [-0.39, 0.29) is 43.6 Å². The summed E-state index contributed by atoms with van der Waals surface area (Å²) in [6.07, 6.45) is 2.69. The summed E-state index contributed by atoms with van der Waals surface area (Å²) in [5, 5.41) is 37.1. The minimum absolute atomic E-state index is 0. The zero-order valence-corrected chi connectivity index (χ0v) is 21.9. The number of hydrogen-bond donors (Lipinski definition) is 1. The van der Waals surface area contributed by atoms with Crippen LogP contribution in [-0.4, -0.2) is 47.0 Å². The van der Waals surface area contributed by atoms with Crippen molar-refractivity contribution in [1.29, 1.82) is 0 Å². The number of aliphatic carboxylic acids is 3. The molecule has 0 aliphatic carbocycles. The summed E-state index contributed by atoms with van der Waals surface area (Å²) < 4.78 is 0. The van der Waals surface area contributed by atoms with Crippen molar-refractivity contribution in [3.8, 4) is 0 Å². The Balaban J connectivity index is -0.000000104. The van der Waals surface area contributed by atoms with Crippen LogP contribution in [0.2, 0.25) is 0 Å². The number of ketones is 3. The minimum Gasteiger partial charge on any atom is -0.550 e. The molecule has 0 aromatic rings. The number of carbonyl (C=O) groups is 6. The molecule has 1 N–H and O–H groups in total. The van der Waals surface area contributed by atoms with E-state index in [0.29, 0.717) is 45.1 Å². The third-order valence-electron chi connectivity index (χ3n) is 2.83. The molecule has 0 heterocycles.